The average Bonchev–Trinajstić information content (AvgIpc) is 2.30. The molecule has 5 nitrogen and oxygen atoms in total. The standard InChI is InChI=1S/C11H14N2O3/c1-8-6-12-3-2-9(8)13-4-5-16-10(7-13)11(14)15/h2-3,6,10H,4-5,7H2,1H3,(H,14,15). The number of anilines is 1. The van der Waals surface area contributed by atoms with E-state index < -0.39 is 12.1 Å². The van der Waals surface area contributed by atoms with E-state index in [9.17, 15) is 4.79 Å². The second kappa shape index (κ2) is 4.49. The van der Waals surface area contributed by atoms with Crippen molar-refractivity contribution in [3.63, 3.8) is 0 Å². The third-order valence-electron chi connectivity index (χ3n) is 2.67. The van der Waals surface area contributed by atoms with E-state index in [1.165, 1.54) is 0 Å². The molecule has 0 radical (unpaired) electrons. The number of hydrogen-bond donors (Lipinski definition) is 1. The highest BCUT2D eigenvalue weighted by Gasteiger charge is 2.26. The molecule has 0 aliphatic carbocycles. The van der Waals surface area contributed by atoms with Crippen LogP contribution in [0.3, 0.4) is 0 Å². The van der Waals surface area contributed by atoms with Crippen molar-refractivity contribution in [1.29, 1.82) is 0 Å². The van der Waals surface area contributed by atoms with Crippen molar-refractivity contribution < 1.29 is 14.6 Å². The fourth-order valence-electron chi connectivity index (χ4n) is 1.84. The Bertz CT molecular complexity index is 395. The van der Waals surface area contributed by atoms with Gasteiger partial charge in [0.15, 0.2) is 6.10 Å². The number of pyridine rings is 1. The van der Waals surface area contributed by atoms with Gasteiger partial charge in [-0.05, 0) is 18.6 Å². The number of carboxylic acids is 1. The molecule has 1 aliphatic heterocycles. The van der Waals surface area contributed by atoms with Gasteiger partial charge in [0.1, 0.15) is 0 Å². The summed E-state index contributed by atoms with van der Waals surface area (Å²) >= 11 is 0. The number of nitrogens with zero attached hydrogens (tertiary/aromatic N) is 2. The Kier molecular flexibility index (Phi) is 3.05. The fourth-order valence-corrected chi connectivity index (χ4v) is 1.84. The molecule has 0 amide bonds. The van der Waals surface area contributed by atoms with Gasteiger partial charge in [0.2, 0.25) is 0 Å². The van der Waals surface area contributed by atoms with Gasteiger partial charge in [-0.1, -0.05) is 0 Å². The Morgan fingerprint density at radius 1 is 1.69 bits per heavy atom. The van der Waals surface area contributed by atoms with E-state index in [1.807, 2.05) is 17.9 Å². The van der Waals surface area contributed by atoms with E-state index in [0.717, 1.165) is 11.3 Å². The minimum atomic E-state index is -0.906. The van der Waals surface area contributed by atoms with Gasteiger partial charge < -0.3 is 14.7 Å². The van der Waals surface area contributed by atoms with Gasteiger partial charge in [-0.2, -0.15) is 0 Å². The normalized spacial score (nSPS) is 20.8. The highest BCUT2D eigenvalue weighted by atomic mass is 16.5. The van der Waals surface area contributed by atoms with E-state index >= 15 is 0 Å². The van der Waals surface area contributed by atoms with E-state index in [0.29, 0.717) is 19.7 Å². The molecule has 1 saturated heterocycles. The van der Waals surface area contributed by atoms with Crippen LogP contribution in [0, 0.1) is 6.92 Å². The molecular weight excluding hydrogens is 208 g/mol. The molecule has 1 fully saturated rings. The van der Waals surface area contributed by atoms with Crippen LogP contribution in [0.2, 0.25) is 0 Å². The molecule has 0 saturated carbocycles. The van der Waals surface area contributed by atoms with Crippen LogP contribution in [0.4, 0.5) is 5.69 Å². The lowest BCUT2D eigenvalue weighted by atomic mass is 10.2. The molecule has 16 heavy (non-hydrogen) atoms. The first-order valence-electron chi connectivity index (χ1n) is 5.18. The number of morpholine rings is 1. The van der Waals surface area contributed by atoms with Crippen molar-refractivity contribution in [2.45, 2.75) is 13.0 Å². The smallest absolute Gasteiger partial charge is 0.334 e. The lowest BCUT2D eigenvalue weighted by molar-refractivity contribution is -0.150. The second-order valence-corrected chi connectivity index (χ2v) is 3.81. The Hall–Kier alpha value is -1.62. The van der Waals surface area contributed by atoms with Gasteiger partial charge in [0, 0.05) is 24.6 Å². The lowest BCUT2D eigenvalue weighted by Gasteiger charge is -2.33. The molecule has 2 rings (SSSR count). The van der Waals surface area contributed by atoms with Crippen molar-refractivity contribution in [3.8, 4) is 0 Å². The van der Waals surface area contributed by atoms with Gasteiger partial charge in [-0.3, -0.25) is 4.98 Å². The maximum Gasteiger partial charge on any atom is 0.334 e. The molecular formula is C11H14N2O3. The first-order valence-corrected chi connectivity index (χ1v) is 5.18. The number of aliphatic carboxylic acids is 1. The van der Waals surface area contributed by atoms with Crippen LogP contribution in [0.1, 0.15) is 5.56 Å². The first kappa shape index (κ1) is 10.9. The van der Waals surface area contributed by atoms with E-state index in [2.05, 4.69) is 4.98 Å². The minimum absolute atomic E-state index is 0.389. The van der Waals surface area contributed by atoms with Gasteiger partial charge in [0.25, 0.3) is 0 Å². The number of rotatable bonds is 2. The van der Waals surface area contributed by atoms with Gasteiger partial charge in [0.05, 0.1) is 13.2 Å². The quantitative estimate of drug-likeness (QED) is 0.797. The zero-order chi connectivity index (χ0) is 11.5. The Labute approximate surface area is 93.7 Å². The topological polar surface area (TPSA) is 62.7 Å². The Balaban J connectivity index is 2.16. The maximum atomic E-state index is 10.9. The predicted molar refractivity (Wildman–Crippen MR) is 58.6 cm³/mol. The van der Waals surface area contributed by atoms with E-state index in [-0.39, 0.29) is 0 Å². The summed E-state index contributed by atoms with van der Waals surface area (Å²) in [4.78, 5) is 16.9. The van der Waals surface area contributed by atoms with Crippen molar-refractivity contribution in [1.82, 2.24) is 4.98 Å². The highest BCUT2D eigenvalue weighted by molar-refractivity contribution is 5.73. The zero-order valence-corrected chi connectivity index (χ0v) is 9.09. The summed E-state index contributed by atoms with van der Waals surface area (Å²) in [6, 6.07) is 1.90. The monoisotopic (exact) mass is 222 g/mol. The van der Waals surface area contributed by atoms with E-state index in [4.69, 9.17) is 9.84 Å². The van der Waals surface area contributed by atoms with Crippen LogP contribution in [0.15, 0.2) is 18.5 Å². The number of hydrogen-bond acceptors (Lipinski definition) is 4. The molecule has 1 unspecified atom stereocenters. The summed E-state index contributed by atoms with van der Waals surface area (Å²) < 4.78 is 5.17. The zero-order valence-electron chi connectivity index (χ0n) is 9.09. The van der Waals surface area contributed by atoms with Crippen molar-refractivity contribution in [2.24, 2.45) is 0 Å². The van der Waals surface area contributed by atoms with Gasteiger partial charge >= 0.3 is 5.97 Å². The largest absolute Gasteiger partial charge is 0.479 e. The summed E-state index contributed by atoms with van der Waals surface area (Å²) in [5.41, 5.74) is 2.08. The van der Waals surface area contributed by atoms with Crippen molar-refractivity contribution in [3.05, 3.63) is 24.0 Å². The van der Waals surface area contributed by atoms with Gasteiger partial charge in [-0.15, -0.1) is 0 Å². The van der Waals surface area contributed by atoms with Crippen LogP contribution in [-0.2, 0) is 9.53 Å². The fraction of sp³-hybridized carbons (Fsp3) is 0.455. The number of carboxylic acid groups (broad SMARTS) is 1. The molecule has 1 N–H and O–H groups in total. The Morgan fingerprint density at radius 3 is 3.19 bits per heavy atom. The van der Waals surface area contributed by atoms with Crippen LogP contribution < -0.4 is 4.90 Å². The average molecular weight is 222 g/mol. The molecule has 0 bridgehead atoms. The van der Waals surface area contributed by atoms with Crippen LogP contribution in [0.25, 0.3) is 0 Å². The molecule has 2 heterocycles. The molecule has 1 aromatic rings. The number of aromatic nitrogens is 1. The summed E-state index contributed by atoms with van der Waals surface area (Å²) in [6.45, 7) is 3.51. The summed E-state index contributed by atoms with van der Waals surface area (Å²) in [6.07, 6.45) is 2.76. The Morgan fingerprint density at radius 2 is 2.50 bits per heavy atom. The van der Waals surface area contributed by atoms with Crippen molar-refractivity contribution >= 4 is 11.7 Å². The minimum Gasteiger partial charge on any atom is -0.479 e. The van der Waals surface area contributed by atoms with Gasteiger partial charge in [-0.25, -0.2) is 4.79 Å². The van der Waals surface area contributed by atoms with Crippen molar-refractivity contribution in [2.75, 3.05) is 24.6 Å². The third kappa shape index (κ3) is 2.14. The van der Waals surface area contributed by atoms with E-state index in [1.54, 1.807) is 12.4 Å². The molecule has 0 aromatic carbocycles. The third-order valence-corrected chi connectivity index (χ3v) is 2.67. The lowest BCUT2D eigenvalue weighted by Crippen LogP contribution is -2.46. The molecule has 0 spiro atoms. The predicted octanol–water partition coefficient (Wildman–Crippen LogP) is 0.680. The number of carbonyl (C=O) groups is 1. The maximum absolute atomic E-state index is 10.9. The SMILES string of the molecule is Cc1cnccc1N1CCOC(C(=O)O)C1. The summed E-state index contributed by atoms with van der Waals surface area (Å²) in [7, 11) is 0. The molecule has 86 valence electrons. The van der Waals surface area contributed by atoms with Crippen LogP contribution >= 0.6 is 0 Å². The molecule has 1 aromatic heterocycles. The summed E-state index contributed by atoms with van der Waals surface area (Å²) in [5.74, 6) is -0.906. The number of ether oxygens (including phenoxy) is 1. The molecule has 1 atom stereocenters. The first-order chi connectivity index (χ1) is 7.68. The molecule has 5 heteroatoms. The summed E-state index contributed by atoms with van der Waals surface area (Å²) in [5, 5.41) is 8.91. The van der Waals surface area contributed by atoms with Crippen LogP contribution in [-0.4, -0.2) is 41.9 Å². The highest BCUT2D eigenvalue weighted by Crippen LogP contribution is 2.20. The van der Waals surface area contributed by atoms with Crippen LogP contribution in [0.5, 0.6) is 0 Å². The number of aryl methyl sites for hydroxylation is 1. The second-order valence-electron chi connectivity index (χ2n) is 3.81. The molecule has 1 aliphatic rings.